The molecule has 1 aliphatic heterocycles. The van der Waals surface area contributed by atoms with Crippen LogP contribution >= 0.6 is 0 Å². The second-order valence-electron chi connectivity index (χ2n) is 6.86. The van der Waals surface area contributed by atoms with E-state index in [9.17, 15) is 18.0 Å². The van der Waals surface area contributed by atoms with Crippen molar-refractivity contribution < 1.29 is 18.0 Å². The molecule has 1 aliphatic rings. The molecule has 0 aromatic heterocycles. The number of nitrogens with zero attached hydrogens (tertiary/aromatic N) is 1. The Morgan fingerprint density at radius 3 is 2.44 bits per heavy atom. The molecular formula is C19H29N3O4S. The Bertz CT molecular complexity index is 747. The molecular weight excluding hydrogens is 366 g/mol. The molecule has 1 atom stereocenters. The molecule has 0 radical (unpaired) electrons. The third-order valence-corrected chi connectivity index (χ3v) is 6.10. The van der Waals surface area contributed by atoms with Crippen molar-refractivity contribution in [2.45, 2.75) is 50.8 Å². The maximum atomic E-state index is 12.4. The van der Waals surface area contributed by atoms with Crippen LogP contribution in [0, 0.1) is 5.92 Å². The lowest BCUT2D eigenvalue weighted by Gasteiger charge is -2.16. The maximum absolute atomic E-state index is 12.4. The van der Waals surface area contributed by atoms with Crippen LogP contribution in [0.3, 0.4) is 0 Å². The highest BCUT2D eigenvalue weighted by atomic mass is 32.2. The summed E-state index contributed by atoms with van der Waals surface area (Å²) in [6.07, 6.45) is 3.85. The van der Waals surface area contributed by atoms with Gasteiger partial charge in [-0.1, -0.05) is 26.7 Å². The molecule has 1 aromatic carbocycles. The Labute approximate surface area is 161 Å². The molecule has 0 spiro atoms. The van der Waals surface area contributed by atoms with E-state index in [2.05, 4.69) is 17.0 Å². The fourth-order valence-electron chi connectivity index (χ4n) is 2.94. The van der Waals surface area contributed by atoms with E-state index in [-0.39, 0.29) is 29.0 Å². The first-order valence-electron chi connectivity index (χ1n) is 9.55. The summed E-state index contributed by atoms with van der Waals surface area (Å²) >= 11 is 0. The molecule has 0 saturated carbocycles. The van der Waals surface area contributed by atoms with E-state index in [4.69, 9.17) is 0 Å². The molecule has 0 bridgehead atoms. The molecule has 2 amide bonds. The van der Waals surface area contributed by atoms with E-state index in [0.29, 0.717) is 25.3 Å². The number of unbranched alkanes of at least 4 members (excludes halogenated alkanes) is 2. The number of nitrogens with one attached hydrogen (secondary N) is 2. The third-order valence-electron chi connectivity index (χ3n) is 4.62. The number of hydrogen-bond acceptors (Lipinski definition) is 4. The molecule has 1 aromatic rings. The van der Waals surface area contributed by atoms with Crippen molar-refractivity contribution in [3.63, 3.8) is 0 Å². The molecule has 1 heterocycles. The molecule has 0 aliphatic carbocycles. The predicted molar refractivity (Wildman–Crippen MR) is 105 cm³/mol. The highest BCUT2D eigenvalue weighted by Gasteiger charge is 2.33. The number of likely N-dealkylation sites (tertiary alicyclic amines) is 1. The summed E-state index contributed by atoms with van der Waals surface area (Å²) in [7, 11) is -3.53. The van der Waals surface area contributed by atoms with Crippen molar-refractivity contribution in [3.05, 3.63) is 24.3 Å². The maximum Gasteiger partial charge on any atom is 0.240 e. The second-order valence-corrected chi connectivity index (χ2v) is 8.63. The fraction of sp³-hybridized carbons (Fsp3) is 0.579. The van der Waals surface area contributed by atoms with Gasteiger partial charge in [-0.25, -0.2) is 13.1 Å². The van der Waals surface area contributed by atoms with E-state index >= 15 is 0 Å². The minimum Gasteiger partial charge on any atom is -0.342 e. The lowest BCUT2D eigenvalue weighted by Crippen LogP contribution is -2.29. The Kier molecular flexibility index (Phi) is 7.79. The highest BCUT2D eigenvalue weighted by Crippen LogP contribution is 2.21. The summed E-state index contributed by atoms with van der Waals surface area (Å²) in [5, 5.41) is 2.78. The number of carbonyl (C=O) groups is 2. The zero-order valence-corrected chi connectivity index (χ0v) is 16.8. The van der Waals surface area contributed by atoms with Crippen LogP contribution in [0.15, 0.2) is 29.2 Å². The summed E-state index contributed by atoms with van der Waals surface area (Å²) in [4.78, 5) is 26.3. The molecule has 2 rings (SSSR count). The van der Waals surface area contributed by atoms with Gasteiger partial charge in [-0.05, 0) is 37.1 Å². The standard InChI is InChI=1S/C19H29N3O4S/c1-3-5-11-20-27(25,26)17-9-7-16(8-10-17)21-19(24)15-13-18(23)22(14-15)12-6-4-2/h7-10,15,20H,3-6,11-14H2,1-2H3,(H,21,24)/t15-/m0/s1. The first-order chi connectivity index (χ1) is 12.9. The van der Waals surface area contributed by atoms with Crippen LogP contribution in [0.5, 0.6) is 0 Å². The number of sulfonamides is 1. The van der Waals surface area contributed by atoms with Crippen LogP contribution in [-0.4, -0.2) is 44.8 Å². The number of carbonyl (C=O) groups excluding carboxylic acids is 2. The van der Waals surface area contributed by atoms with Gasteiger partial charge in [0.05, 0.1) is 10.8 Å². The first-order valence-corrected chi connectivity index (χ1v) is 11.0. The van der Waals surface area contributed by atoms with Gasteiger partial charge in [0.25, 0.3) is 0 Å². The molecule has 7 nitrogen and oxygen atoms in total. The number of rotatable bonds is 10. The fourth-order valence-corrected chi connectivity index (χ4v) is 4.02. The topological polar surface area (TPSA) is 95.6 Å². The normalized spacial score (nSPS) is 17.3. The number of anilines is 1. The zero-order chi connectivity index (χ0) is 19.9. The van der Waals surface area contributed by atoms with Crippen molar-refractivity contribution in [1.29, 1.82) is 0 Å². The molecule has 2 N–H and O–H groups in total. The third kappa shape index (κ3) is 6.04. The van der Waals surface area contributed by atoms with Gasteiger partial charge in [-0.15, -0.1) is 0 Å². The van der Waals surface area contributed by atoms with E-state index in [1.807, 2.05) is 6.92 Å². The molecule has 27 heavy (non-hydrogen) atoms. The summed E-state index contributed by atoms with van der Waals surface area (Å²) in [6.45, 7) is 5.59. The highest BCUT2D eigenvalue weighted by molar-refractivity contribution is 7.89. The lowest BCUT2D eigenvalue weighted by molar-refractivity contribution is -0.128. The van der Waals surface area contributed by atoms with E-state index in [1.165, 1.54) is 12.1 Å². The quantitative estimate of drug-likeness (QED) is 0.595. The average Bonchev–Trinajstić information content (AvgIpc) is 3.01. The lowest BCUT2D eigenvalue weighted by atomic mass is 10.1. The van der Waals surface area contributed by atoms with E-state index in [0.717, 1.165) is 25.7 Å². The molecule has 1 saturated heterocycles. The van der Waals surface area contributed by atoms with Gasteiger partial charge in [0.1, 0.15) is 0 Å². The molecule has 0 unspecified atom stereocenters. The van der Waals surface area contributed by atoms with Crippen molar-refractivity contribution in [2.75, 3.05) is 25.0 Å². The van der Waals surface area contributed by atoms with Gasteiger partial charge in [0.2, 0.25) is 21.8 Å². The van der Waals surface area contributed by atoms with Crippen molar-refractivity contribution in [2.24, 2.45) is 5.92 Å². The van der Waals surface area contributed by atoms with Gasteiger partial charge in [0.15, 0.2) is 0 Å². The first kappa shape index (κ1) is 21.4. The van der Waals surface area contributed by atoms with Gasteiger partial charge in [-0.3, -0.25) is 9.59 Å². The molecule has 150 valence electrons. The minimum atomic E-state index is -3.53. The predicted octanol–water partition coefficient (Wildman–Crippen LogP) is 2.35. The van der Waals surface area contributed by atoms with Crippen molar-refractivity contribution in [3.8, 4) is 0 Å². The molecule has 8 heteroatoms. The summed E-state index contributed by atoms with van der Waals surface area (Å²) in [5.41, 5.74) is 0.520. The van der Waals surface area contributed by atoms with Crippen molar-refractivity contribution in [1.82, 2.24) is 9.62 Å². The van der Waals surface area contributed by atoms with Crippen LogP contribution in [0.4, 0.5) is 5.69 Å². The number of benzene rings is 1. The Hall–Kier alpha value is -1.93. The number of amides is 2. The zero-order valence-electron chi connectivity index (χ0n) is 16.0. The Morgan fingerprint density at radius 1 is 1.15 bits per heavy atom. The van der Waals surface area contributed by atoms with Crippen LogP contribution in [-0.2, 0) is 19.6 Å². The minimum absolute atomic E-state index is 0.0168. The van der Waals surface area contributed by atoms with Gasteiger partial charge in [0, 0.05) is 31.7 Å². The summed E-state index contributed by atoms with van der Waals surface area (Å²) in [5.74, 6) is -0.560. The van der Waals surface area contributed by atoms with E-state index in [1.54, 1.807) is 17.0 Å². The van der Waals surface area contributed by atoms with Crippen LogP contribution in [0.2, 0.25) is 0 Å². The van der Waals surface area contributed by atoms with Gasteiger partial charge < -0.3 is 10.2 Å². The van der Waals surface area contributed by atoms with Crippen molar-refractivity contribution >= 4 is 27.5 Å². The SMILES string of the molecule is CCCCNS(=O)(=O)c1ccc(NC(=O)[C@H]2CC(=O)N(CCCC)C2)cc1. The van der Waals surface area contributed by atoms with Gasteiger partial charge >= 0.3 is 0 Å². The molecule has 1 fully saturated rings. The summed E-state index contributed by atoms with van der Waals surface area (Å²) in [6, 6.07) is 6.07. The van der Waals surface area contributed by atoms with E-state index < -0.39 is 10.0 Å². The Balaban J connectivity index is 1.92. The largest absolute Gasteiger partial charge is 0.342 e. The van der Waals surface area contributed by atoms with Gasteiger partial charge in [-0.2, -0.15) is 0 Å². The summed E-state index contributed by atoms with van der Waals surface area (Å²) < 4.78 is 26.9. The number of hydrogen-bond donors (Lipinski definition) is 2. The van der Waals surface area contributed by atoms with Crippen LogP contribution in [0.25, 0.3) is 0 Å². The monoisotopic (exact) mass is 395 g/mol. The van der Waals surface area contributed by atoms with Crippen LogP contribution in [0.1, 0.15) is 46.0 Å². The second kappa shape index (κ2) is 9.85. The average molecular weight is 396 g/mol. The smallest absolute Gasteiger partial charge is 0.240 e. The Morgan fingerprint density at radius 2 is 1.81 bits per heavy atom. The van der Waals surface area contributed by atoms with Crippen LogP contribution < -0.4 is 10.0 Å².